The second-order valence-corrected chi connectivity index (χ2v) is 12.0. The number of fused-ring (bicyclic) bond motifs is 2. The van der Waals surface area contributed by atoms with Crippen molar-refractivity contribution in [1.29, 1.82) is 0 Å². The van der Waals surface area contributed by atoms with Crippen LogP contribution in [0.2, 0.25) is 0 Å². The number of thiophene rings is 1. The van der Waals surface area contributed by atoms with Crippen LogP contribution in [-0.4, -0.2) is 71.0 Å². The van der Waals surface area contributed by atoms with Crippen molar-refractivity contribution < 1.29 is 14.3 Å². The van der Waals surface area contributed by atoms with Crippen molar-refractivity contribution in [1.82, 2.24) is 19.8 Å². The quantitative estimate of drug-likeness (QED) is 0.517. The Bertz CT molecular complexity index is 1400. The van der Waals surface area contributed by atoms with Crippen molar-refractivity contribution in [3.05, 3.63) is 63.7 Å². The highest BCUT2D eigenvalue weighted by molar-refractivity contribution is 7.08. The number of piperidine rings is 1. The van der Waals surface area contributed by atoms with E-state index in [-0.39, 0.29) is 23.4 Å². The highest BCUT2D eigenvalue weighted by atomic mass is 32.1. The molecule has 0 spiro atoms. The number of hydrogen-bond donors (Lipinski definition) is 1. The molecule has 1 saturated heterocycles. The third-order valence-corrected chi connectivity index (χ3v) is 9.04. The third-order valence-electron chi connectivity index (χ3n) is 8.24. The summed E-state index contributed by atoms with van der Waals surface area (Å²) < 4.78 is 5.36. The predicted molar refractivity (Wildman–Crippen MR) is 152 cm³/mol. The Morgan fingerprint density at radius 2 is 1.92 bits per heavy atom. The minimum Gasteiger partial charge on any atom is -0.497 e. The van der Waals surface area contributed by atoms with Gasteiger partial charge in [-0.1, -0.05) is 13.8 Å². The lowest BCUT2D eigenvalue weighted by Crippen LogP contribution is -2.49. The molecule has 0 unspecified atom stereocenters. The van der Waals surface area contributed by atoms with Crippen LogP contribution in [-0.2, 0) is 18.4 Å². The summed E-state index contributed by atoms with van der Waals surface area (Å²) in [6.07, 6.45) is 3.94. The number of anilines is 2. The summed E-state index contributed by atoms with van der Waals surface area (Å²) >= 11 is 1.69. The highest BCUT2D eigenvalue weighted by Crippen LogP contribution is 2.36. The molecule has 10 heteroatoms. The molecular weight excluding hydrogens is 512 g/mol. The Morgan fingerprint density at radius 3 is 2.72 bits per heavy atom. The summed E-state index contributed by atoms with van der Waals surface area (Å²) in [6, 6.07) is 7.71. The number of ether oxygens (including phenoxy) is 1. The molecule has 3 amide bonds. The Labute approximate surface area is 232 Å². The number of hydrogen-bond acceptors (Lipinski definition) is 7. The molecular formula is C29H34N6O3S. The molecule has 0 saturated carbocycles. The first kappa shape index (κ1) is 25.6. The van der Waals surface area contributed by atoms with Gasteiger partial charge in [-0.25, -0.2) is 14.8 Å². The lowest BCUT2D eigenvalue weighted by molar-refractivity contribution is 0.0681. The van der Waals surface area contributed by atoms with E-state index in [0.717, 1.165) is 55.2 Å². The van der Waals surface area contributed by atoms with Gasteiger partial charge in [0.05, 0.1) is 7.11 Å². The molecule has 1 N–H and O–H groups in total. The molecule has 39 heavy (non-hydrogen) atoms. The van der Waals surface area contributed by atoms with Gasteiger partial charge in [0.15, 0.2) is 0 Å². The molecule has 3 aliphatic rings. The molecule has 3 aliphatic heterocycles. The zero-order valence-electron chi connectivity index (χ0n) is 22.6. The van der Waals surface area contributed by atoms with Gasteiger partial charge in [-0.15, -0.1) is 0 Å². The molecule has 204 valence electrons. The Balaban J connectivity index is 1.10. The van der Waals surface area contributed by atoms with Crippen LogP contribution in [0.1, 0.15) is 53.9 Å². The fourth-order valence-corrected chi connectivity index (χ4v) is 7.16. The molecule has 0 atom stereocenters. The number of rotatable bonds is 4. The lowest BCUT2D eigenvalue weighted by atomic mass is 9.80. The van der Waals surface area contributed by atoms with E-state index in [1.807, 2.05) is 34.1 Å². The van der Waals surface area contributed by atoms with E-state index in [2.05, 4.69) is 44.8 Å². The van der Waals surface area contributed by atoms with Crippen molar-refractivity contribution in [2.24, 2.45) is 0 Å². The smallest absolute Gasteiger partial charge is 0.322 e. The fourth-order valence-electron chi connectivity index (χ4n) is 6.12. The third kappa shape index (κ3) is 4.93. The molecule has 5 heterocycles. The number of amides is 3. The van der Waals surface area contributed by atoms with Crippen molar-refractivity contribution in [3.63, 3.8) is 0 Å². The Hall–Kier alpha value is -3.66. The van der Waals surface area contributed by atoms with E-state index in [9.17, 15) is 9.59 Å². The summed E-state index contributed by atoms with van der Waals surface area (Å²) in [5.41, 5.74) is 4.84. The minimum atomic E-state index is -0.0892. The van der Waals surface area contributed by atoms with E-state index in [1.165, 1.54) is 17.5 Å². The summed E-state index contributed by atoms with van der Waals surface area (Å²) in [6.45, 7) is 7.83. The number of aromatic nitrogens is 2. The fraction of sp³-hybridized carbons (Fsp3) is 0.448. The monoisotopic (exact) mass is 546 g/mol. The van der Waals surface area contributed by atoms with Crippen molar-refractivity contribution >= 4 is 34.8 Å². The molecule has 1 fully saturated rings. The number of carbonyl (C=O) groups is 2. The maximum Gasteiger partial charge on any atom is 0.322 e. The second kappa shape index (κ2) is 10.1. The molecule has 0 aliphatic carbocycles. The number of nitrogens with one attached hydrogen (secondary N) is 1. The molecule has 0 radical (unpaired) electrons. The first-order valence-electron chi connectivity index (χ1n) is 13.5. The van der Waals surface area contributed by atoms with Crippen LogP contribution >= 0.6 is 11.3 Å². The number of benzene rings is 1. The van der Waals surface area contributed by atoms with Crippen molar-refractivity contribution in [2.75, 3.05) is 43.5 Å². The van der Waals surface area contributed by atoms with Crippen LogP contribution in [0.4, 0.5) is 16.3 Å². The normalized spacial score (nSPS) is 19.2. The second-order valence-electron chi connectivity index (χ2n) is 11.2. The van der Waals surface area contributed by atoms with Gasteiger partial charge in [-0.05, 0) is 64.9 Å². The average molecular weight is 547 g/mol. The summed E-state index contributed by atoms with van der Waals surface area (Å²) in [5, 5.41) is 7.43. The average Bonchev–Trinajstić information content (AvgIpc) is 3.37. The summed E-state index contributed by atoms with van der Waals surface area (Å²) in [7, 11) is 1.65. The van der Waals surface area contributed by atoms with Crippen LogP contribution < -0.4 is 15.0 Å². The van der Waals surface area contributed by atoms with Gasteiger partial charge in [-0.3, -0.25) is 4.79 Å². The van der Waals surface area contributed by atoms with Crippen molar-refractivity contribution in [3.8, 4) is 5.75 Å². The lowest BCUT2D eigenvalue weighted by Gasteiger charge is -2.39. The molecule has 3 aromatic rings. The van der Waals surface area contributed by atoms with Crippen LogP contribution in [0.5, 0.6) is 5.75 Å². The van der Waals surface area contributed by atoms with Gasteiger partial charge in [0.25, 0.3) is 5.91 Å². The minimum absolute atomic E-state index is 0.0504. The SMILES string of the molecule is COc1ccc2c(c1)CCN(C1CCN(c3cc(C(=O)N4Cc5cscc5C(C)(C)C4)ncn3)CC1)C(=O)N2. The molecule has 9 nitrogen and oxygen atoms in total. The van der Waals surface area contributed by atoms with Crippen LogP contribution in [0.3, 0.4) is 0 Å². The molecule has 6 rings (SSSR count). The highest BCUT2D eigenvalue weighted by Gasteiger charge is 2.36. The largest absolute Gasteiger partial charge is 0.497 e. The topological polar surface area (TPSA) is 90.9 Å². The number of nitrogens with zero attached hydrogens (tertiary/aromatic N) is 5. The van der Waals surface area contributed by atoms with Gasteiger partial charge in [-0.2, -0.15) is 11.3 Å². The maximum absolute atomic E-state index is 13.5. The van der Waals surface area contributed by atoms with Gasteiger partial charge in [0, 0.05) is 55.9 Å². The zero-order valence-corrected chi connectivity index (χ0v) is 23.5. The van der Waals surface area contributed by atoms with Gasteiger partial charge >= 0.3 is 6.03 Å². The molecule has 2 aromatic heterocycles. The van der Waals surface area contributed by atoms with Crippen LogP contribution in [0, 0.1) is 0 Å². The zero-order chi connectivity index (χ0) is 27.1. The van der Waals surface area contributed by atoms with E-state index in [4.69, 9.17) is 4.74 Å². The summed E-state index contributed by atoms with van der Waals surface area (Å²) in [5.74, 6) is 1.50. The Morgan fingerprint density at radius 1 is 1.10 bits per heavy atom. The van der Waals surface area contributed by atoms with Crippen LogP contribution in [0.15, 0.2) is 41.4 Å². The first-order chi connectivity index (χ1) is 18.8. The van der Waals surface area contributed by atoms with E-state index in [0.29, 0.717) is 25.3 Å². The first-order valence-corrected chi connectivity index (χ1v) is 14.4. The van der Waals surface area contributed by atoms with Gasteiger partial charge in [0.2, 0.25) is 0 Å². The number of methoxy groups -OCH3 is 1. The number of carbonyl (C=O) groups excluding carboxylic acids is 2. The van der Waals surface area contributed by atoms with Gasteiger partial charge in [0.1, 0.15) is 23.6 Å². The molecule has 1 aromatic carbocycles. The maximum atomic E-state index is 13.5. The van der Waals surface area contributed by atoms with Gasteiger partial charge < -0.3 is 24.8 Å². The standard InChI is InChI=1S/C29H34N6O3S/c1-29(2)17-34(14-20-15-39-16-23(20)29)27(36)25-13-26(31-18-30-25)33-9-7-21(8-10-33)35-11-6-19-12-22(38-3)4-5-24(19)32-28(35)37/h4-5,12-13,15-16,18,21H,6-11,14,17H2,1-3H3,(H,32,37). The van der Waals surface area contributed by atoms with E-state index >= 15 is 0 Å². The van der Waals surface area contributed by atoms with Crippen molar-refractivity contribution in [2.45, 2.75) is 51.1 Å². The Kier molecular flexibility index (Phi) is 6.66. The van der Waals surface area contributed by atoms with E-state index < -0.39 is 0 Å². The van der Waals surface area contributed by atoms with E-state index in [1.54, 1.807) is 18.4 Å². The number of urea groups is 1. The molecule has 0 bridgehead atoms. The predicted octanol–water partition coefficient (Wildman–Crippen LogP) is 4.54. The summed E-state index contributed by atoms with van der Waals surface area (Å²) in [4.78, 5) is 41.5. The van der Waals surface area contributed by atoms with Crippen LogP contribution in [0.25, 0.3) is 0 Å².